The maximum absolute atomic E-state index is 6.27. The van der Waals surface area contributed by atoms with Crippen LogP contribution < -0.4 is 5.73 Å². The van der Waals surface area contributed by atoms with E-state index in [4.69, 9.17) is 5.73 Å². The van der Waals surface area contributed by atoms with Gasteiger partial charge in [-0.25, -0.2) is 0 Å². The van der Waals surface area contributed by atoms with E-state index in [9.17, 15) is 0 Å². The molecule has 86 valence electrons. The quantitative estimate of drug-likeness (QED) is 0.518. The minimum absolute atomic E-state index is 0.200. The van der Waals surface area contributed by atoms with Crippen LogP contribution >= 0.6 is 0 Å². The molecule has 0 fully saturated rings. The van der Waals surface area contributed by atoms with Crippen LogP contribution in [-0.2, 0) is 5.54 Å². The Hall–Kier alpha value is -1.34. The Morgan fingerprint density at radius 1 is 0.647 bits per heavy atom. The van der Waals surface area contributed by atoms with Gasteiger partial charge in [-0.15, -0.1) is 0 Å². The molecule has 0 amide bonds. The first-order valence-electron chi connectivity index (χ1n) is 6.29. The zero-order valence-electron chi connectivity index (χ0n) is 11.1. The zero-order chi connectivity index (χ0) is 12.3. The first kappa shape index (κ1) is 9.67. The molecule has 0 aliphatic rings. The Morgan fingerprint density at radius 2 is 1.06 bits per heavy atom. The first-order chi connectivity index (χ1) is 7.85. The Kier molecular flexibility index (Phi) is 1.29. The molecule has 4 aromatic carbocycles. The Labute approximate surface area is 101 Å². The summed E-state index contributed by atoms with van der Waals surface area (Å²) in [7, 11) is 0. The van der Waals surface area contributed by atoms with Crippen molar-refractivity contribution >= 4 is 32.3 Å². The molecular weight excluding hydrogens is 206 g/mol. The van der Waals surface area contributed by atoms with Crippen molar-refractivity contribution in [1.29, 1.82) is 0 Å². The molecule has 0 aliphatic heterocycles. The van der Waals surface area contributed by atoms with E-state index in [-0.39, 0.29) is 5.54 Å². The molecule has 0 bridgehead atoms. The highest BCUT2D eigenvalue weighted by Crippen LogP contribution is 2.60. The molecule has 4 rings (SSSR count). The molecule has 1 heteroatoms. The third-order valence-corrected chi connectivity index (χ3v) is 4.71. The van der Waals surface area contributed by atoms with E-state index in [0.29, 0.717) is 0 Å². The van der Waals surface area contributed by atoms with Crippen molar-refractivity contribution in [2.24, 2.45) is 5.73 Å². The fourth-order valence-electron chi connectivity index (χ4n) is 3.87. The first-order valence-corrected chi connectivity index (χ1v) is 6.29. The zero-order valence-corrected chi connectivity index (χ0v) is 11.1. The third kappa shape index (κ3) is 0.732. The van der Waals surface area contributed by atoms with Gasteiger partial charge >= 0.3 is 0 Å². The van der Waals surface area contributed by atoms with Crippen LogP contribution in [0.1, 0.15) is 36.1 Å². The number of nitrogens with two attached hydrogens (primary N) is 1. The number of hydrogen-bond donors (Lipinski definition) is 1. The van der Waals surface area contributed by atoms with Gasteiger partial charge in [-0.1, -0.05) is 0 Å². The van der Waals surface area contributed by atoms with E-state index in [1.807, 2.05) is 0 Å². The van der Waals surface area contributed by atoms with Gasteiger partial charge in [0.1, 0.15) is 0 Å². The second kappa shape index (κ2) is 2.28. The largest absolute Gasteiger partial charge is 0.322 e. The molecule has 0 atom stereocenters. The summed E-state index contributed by atoms with van der Waals surface area (Å²) in [6.45, 7) is 10.9. The molecule has 2 N–H and O–H groups in total. The van der Waals surface area contributed by atoms with Crippen LogP contribution in [0.2, 0.25) is 0 Å². The van der Waals surface area contributed by atoms with Gasteiger partial charge in [-0.05, 0) is 89.2 Å². The monoisotopic (exact) mass is 223 g/mol. The molecule has 4 aromatic rings. The average Bonchev–Trinajstić information content (AvgIpc) is 2.19. The van der Waals surface area contributed by atoms with Gasteiger partial charge in [-0.2, -0.15) is 0 Å². The Bertz CT molecular complexity index is 832. The van der Waals surface area contributed by atoms with Crippen molar-refractivity contribution in [2.75, 3.05) is 0 Å². The summed E-state index contributed by atoms with van der Waals surface area (Å²) in [5.74, 6) is 0. The highest BCUT2D eigenvalue weighted by atomic mass is 14.7. The van der Waals surface area contributed by atoms with Crippen LogP contribution in [0.4, 0.5) is 0 Å². The van der Waals surface area contributed by atoms with Crippen LogP contribution in [0.3, 0.4) is 0 Å². The topological polar surface area (TPSA) is 26.0 Å². The van der Waals surface area contributed by atoms with Crippen molar-refractivity contribution in [3.8, 4) is 0 Å². The molecule has 0 aliphatic carbocycles. The van der Waals surface area contributed by atoms with Gasteiger partial charge in [-0.3, -0.25) is 0 Å². The molecule has 1 nitrogen and oxygen atoms in total. The minimum atomic E-state index is -0.200. The van der Waals surface area contributed by atoms with E-state index in [0.717, 1.165) is 0 Å². The predicted octanol–water partition coefficient (Wildman–Crippen LogP) is 4.02. The second-order valence-corrected chi connectivity index (χ2v) is 6.22. The molecule has 0 unspecified atom stereocenters. The van der Waals surface area contributed by atoms with Gasteiger partial charge in [0.2, 0.25) is 0 Å². The van der Waals surface area contributed by atoms with E-state index in [1.54, 1.807) is 10.8 Å². The number of aryl methyl sites for hydroxylation is 3. The summed E-state index contributed by atoms with van der Waals surface area (Å²) in [5, 5.41) is 9.14. The standard InChI is InChI=1S/C16H17N/c1-6-7(2)10-9(6)12-11-8(3)15(16(4,5)17)14(11)13(10)12/h17H2,1-5H3. The van der Waals surface area contributed by atoms with Crippen molar-refractivity contribution in [3.63, 3.8) is 0 Å². The number of rotatable bonds is 1. The smallest absolute Gasteiger partial charge is 0.0361 e. The van der Waals surface area contributed by atoms with E-state index >= 15 is 0 Å². The molecule has 0 aromatic heterocycles. The molecule has 0 saturated heterocycles. The summed E-state index contributed by atoms with van der Waals surface area (Å²) in [6, 6.07) is 0. The van der Waals surface area contributed by atoms with Gasteiger partial charge in [0.15, 0.2) is 0 Å². The van der Waals surface area contributed by atoms with Crippen LogP contribution in [0.25, 0.3) is 32.3 Å². The summed E-state index contributed by atoms with van der Waals surface area (Å²) in [5.41, 5.74) is 11.9. The van der Waals surface area contributed by atoms with Crippen LogP contribution in [0.5, 0.6) is 0 Å². The number of fused-ring (bicyclic) bond motifs is 7. The van der Waals surface area contributed by atoms with E-state index in [2.05, 4.69) is 34.6 Å². The van der Waals surface area contributed by atoms with E-state index in [1.165, 1.54) is 43.8 Å². The van der Waals surface area contributed by atoms with Crippen LogP contribution in [0, 0.1) is 20.8 Å². The van der Waals surface area contributed by atoms with Crippen molar-refractivity contribution in [3.05, 3.63) is 22.3 Å². The normalized spacial score (nSPS) is 14.5. The fourth-order valence-corrected chi connectivity index (χ4v) is 3.87. The molecule has 0 radical (unpaired) electrons. The molecular formula is C16H17N. The van der Waals surface area contributed by atoms with Gasteiger partial charge in [0.05, 0.1) is 0 Å². The maximum atomic E-state index is 6.27. The predicted molar refractivity (Wildman–Crippen MR) is 75.1 cm³/mol. The summed E-state index contributed by atoms with van der Waals surface area (Å²) in [6.07, 6.45) is 0. The van der Waals surface area contributed by atoms with E-state index < -0.39 is 0 Å². The maximum Gasteiger partial charge on any atom is 0.0361 e. The lowest BCUT2D eigenvalue weighted by molar-refractivity contribution is 0.554. The van der Waals surface area contributed by atoms with Crippen molar-refractivity contribution in [1.82, 2.24) is 0 Å². The van der Waals surface area contributed by atoms with Crippen LogP contribution in [0.15, 0.2) is 0 Å². The Balaban J connectivity index is 2.09. The molecule has 0 heterocycles. The Morgan fingerprint density at radius 3 is 1.53 bits per heavy atom. The second-order valence-electron chi connectivity index (χ2n) is 6.22. The molecule has 0 saturated carbocycles. The van der Waals surface area contributed by atoms with Gasteiger partial charge in [0.25, 0.3) is 0 Å². The number of hydrogen-bond acceptors (Lipinski definition) is 1. The number of benzene rings is 3. The van der Waals surface area contributed by atoms with Crippen molar-refractivity contribution in [2.45, 2.75) is 40.2 Å². The molecule has 0 spiro atoms. The molecule has 17 heavy (non-hydrogen) atoms. The SMILES string of the molecule is Cc1c(C)c2c1c1c3c(C)c(C(C)(C)N)c3c21. The van der Waals surface area contributed by atoms with Crippen LogP contribution in [-0.4, -0.2) is 0 Å². The lowest BCUT2D eigenvalue weighted by Gasteiger charge is -2.38. The third-order valence-electron chi connectivity index (χ3n) is 4.71. The highest BCUT2D eigenvalue weighted by molar-refractivity contribution is 6.51. The summed E-state index contributed by atoms with van der Waals surface area (Å²) >= 11 is 0. The summed E-state index contributed by atoms with van der Waals surface area (Å²) in [4.78, 5) is 0. The lowest BCUT2D eigenvalue weighted by atomic mass is 9.66. The highest BCUT2D eigenvalue weighted by Gasteiger charge is 2.37. The van der Waals surface area contributed by atoms with Crippen molar-refractivity contribution < 1.29 is 0 Å². The average molecular weight is 223 g/mol. The summed E-state index contributed by atoms with van der Waals surface area (Å²) < 4.78 is 0. The lowest BCUT2D eigenvalue weighted by Crippen LogP contribution is -2.32. The van der Waals surface area contributed by atoms with Gasteiger partial charge in [0, 0.05) is 5.54 Å². The van der Waals surface area contributed by atoms with Gasteiger partial charge < -0.3 is 5.73 Å². The minimum Gasteiger partial charge on any atom is -0.322 e. The fraction of sp³-hybridized carbons (Fsp3) is 0.375.